The van der Waals surface area contributed by atoms with Crippen LogP contribution in [-0.2, 0) is 38.5 Å². The van der Waals surface area contributed by atoms with E-state index in [1.165, 1.54) is 112 Å². The van der Waals surface area contributed by atoms with Crippen molar-refractivity contribution < 1.29 is 0 Å². The van der Waals surface area contributed by atoms with Gasteiger partial charge in [0.05, 0.1) is 0 Å². The lowest BCUT2D eigenvalue weighted by atomic mass is 9.93. The Morgan fingerprint density at radius 1 is 0.284 bits per heavy atom. The zero-order valence-corrected chi connectivity index (χ0v) is 61.5. The first-order valence-electron chi connectivity index (χ1n) is 35.2. The van der Waals surface area contributed by atoms with Crippen LogP contribution in [0.5, 0.6) is 0 Å². The van der Waals surface area contributed by atoms with E-state index in [1.54, 1.807) is 44.5 Å². The van der Waals surface area contributed by atoms with Gasteiger partial charge in [0.25, 0.3) is 0 Å². The van der Waals surface area contributed by atoms with Crippen molar-refractivity contribution >= 4 is 0 Å². The zero-order valence-electron chi connectivity index (χ0n) is 61.5. The quantitative estimate of drug-likeness (QED) is 0.175. The summed E-state index contributed by atoms with van der Waals surface area (Å²) in [5.41, 5.74) is 19.0. The van der Waals surface area contributed by atoms with Crippen LogP contribution in [-0.4, -0.2) is 9.97 Å². The molecule has 0 saturated heterocycles. The number of hydrogen-bond acceptors (Lipinski definition) is 2. The molecule has 2 aromatic heterocycles. The van der Waals surface area contributed by atoms with Crippen molar-refractivity contribution in [2.75, 3.05) is 0 Å². The van der Waals surface area contributed by atoms with Crippen molar-refractivity contribution in [2.45, 2.75) is 392 Å². The van der Waals surface area contributed by atoms with Crippen molar-refractivity contribution in [3.8, 4) is 0 Å². The second-order valence-corrected chi connectivity index (χ2v) is 25.0. The maximum absolute atomic E-state index is 4.75. The molecular weight excluding hydrogens is 1060 g/mol. The highest BCUT2D eigenvalue weighted by atomic mass is 14.7. The van der Waals surface area contributed by atoms with Gasteiger partial charge < -0.3 is 0 Å². The number of fused-ring (bicyclic) bond motifs is 8. The zero-order chi connectivity index (χ0) is 64.2. The maximum Gasteiger partial charge on any atom is 0.0469 e. The lowest BCUT2D eigenvalue weighted by Gasteiger charge is -2.12. The molecule has 12 atom stereocenters. The monoisotopic (exact) mass is 1230 g/mol. The standard InChI is InChI=1S/C16H22.C15H21N.C11H14.C10H13N.8C3H8.2C2H6.6CH4/c1-9-7-15-13(11(9)3)5-6-14-12(4)10(2)8-16(14)15;1-8-5-12-13-6-9(2)11(4)15(13)16-7-14(12)10(8)3;1-8-7-10-5-3-4-6-11(10)9(8)2;1-7-5-9-3-4-11-6-10(9)8(7)2;8*1-3-2;2*1-2;;;;;;/h5-6,9-12H,7-8H2,1-4H3;7-11H,5-6H2,1-4H3;3-6,8-9H,7H2,1-2H3;3-4,6-8H,5H2,1-2H3;8*3H2,1-2H3;2*1-2H3;6*1H4/t9-,10+,11-,12+;8-,9+,10-,11+;8-,9-;7-,8-;;;;;;;;;;;;;;;;/m.000................/s1. The van der Waals surface area contributed by atoms with Crippen LogP contribution in [0.25, 0.3) is 0 Å². The molecule has 4 aromatic rings. The second-order valence-electron chi connectivity index (χ2n) is 25.0. The maximum atomic E-state index is 4.75. The van der Waals surface area contributed by atoms with Crippen LogP contribution in [0.4, 0.5) is 0 Å². The summed E-state index contributed by atoms with van der Waals surface area (Å²) in [7, 11) is 0. The molecule has 88 heavy (non-hydrogen) atoms. The molecule has 2 heterocycles. The molecule has 2 nitrogen and oxygen atoms in total. The molecule has 0 bridgehead atoms. The Labute approximate surface area is 561 Å². The fourth-order valence-corrected chi connectivity index (χ4v) is 11.0. The van der Waals surface area contributed by atoms with Gasteiger partial charge in [0, 0.05) is 30.2 Å². The summed E-state index contributed by atoms with van der Waals surface area (Å²) in [6.45, 7) is 70.3. The topological polar surface area (TPSA) is 25.8 Å². The number of rotatable bonds is 0. The molecule has 0 aliphatic heterocycles. The van der Waals surface area contributed by atoms with E-state index >= 15 is 0 Å². The molecule has 524 valence electrons. The van der Waals surface area contributed by atoms with Gasteiger partial charge in [-0.2, -0.15) is 0 Å². The lowest BCUT2D eigenvalue weighted by Crippen LogP contribution is -2.00. The summed E-state index contributed by atoms with van der Waals surface area (Å²) in [6, 6.07) is 15.8. The molecule has 0 radical (unpaired) electrons. The Kier molecular flexibility index (Phi) is 77.2. The van der Waals surface area contributed by atoms with E-state index in [2.05, 4.69) is 248 Å². The molecule has 0 N–H and O–H groups in total. The van der Waals surface area contributed by atoms with E-state index in [0.717, 1.165) is 53.3 Å². The largest absolute Gasteiger partial charge is 0.264 e. The highest BCUT2D eigenvalue weighted by Crippen LogP contribution is 2.48. The van der Waals surface area contributed by atoms with Crippen molar-refractivity contribution in [1.29, 1.82) is 0 Å². The first kappa shape index (κ1) is 106. The SMILES string of the molecule is C.C.C.C.C.C.CC.CC.CCC.CCC.CCC.CCC.CCC.CCC.CCC.CCC.C[C@@H]1Cc2c(ccc3c2C[C@H](C)[C@@H]3C)[C@@H]1C.C[C@@H]1Cc2c(ncc3c2C[C@H](C)[C@@H]3C)[C@@H]1C.C[C@@H]1c2ccccc2C[C@@H]1C.C[C@@H]1c2cnccc2C[C@@H]1C. The summed E-state index contributed by atoms with van der Waals surface area (Å²) >= 11 is 0. The van der Waals surface area contributed by atoms with Crippen LogP contribution in [0.2, 0.25) is 0 Å². The number of benzene rings is 2. The van der Waals surface area contributed by atoms with E-state index in [1.807, 2.05) is 40.1 Å². The van der Waals surface area contributed by atoms with Crippen molar-refractivity contribution in [3.63, 3.8) is 0 Å². The van der Waals surface area contributed by atoms with Gasteiger partial charge in [0.15, 0.2) is 0 Å². The number of aromatic nitrogens is 2. The number of hydrogen-bond donors (Lipinski definition) is 0. The third kappa shape index (κ3) is 35.5. The predicted molar refractivity (Wildman–Crippen MR) is 420 cm³/mol. The highest BCUT2D eigenvalue weighted by Gasteiger charge is 2.36. The van der Waals surface area contributed by atoms with E-state index in [9.17, 15) is 0 Å². The Hall–Kier alpha value is -3.26. The van der Waals surface area contributed by atoms with Gasteiger partial charge in [-0.25, -0.2) is 0 Å². The van der Waals surface area contributed by atoms with Gasteiger partial charge in [-0.05, 0) is 171 Å². The molecule has 6 aliphatic rings. The number of nitrogens with zero attached hydrogens (tertiary/aromatic N) is 2. The summed E-state index contributed by atoms with van der Waals surface area (Å²) in [5.74, 6) is 9.28. The minimum atomic E-state index is 0. The molecule has 0 fully saturated rings. The fourth-order valence-electron chi connectivity index (χ4n) is 11.0. The van der Waals surface area contributed by atoms with Crippen LogP contribution < -0.4 is 0 Å². The first-order valence-corrected chi connectivity index (χ1v) is 35.2. The third-order valence-corrected chi connectivity index (χ3v) is 16.1. The summed E-state index contributed by atoms with van der Waals surface area (Å²) in [4.78, 5) is 8.89. The van der Waals surface area contributed by atoms with Gasteiger partial charge >= 0.3 is 0 Å². The highest BCUT2D eigenvalue weighted by molar-refractivity contribution is 5.50. The first-order chi connectivity index (χ1) is 39.1. The molecule has 10 rings (SSSR count). The minimum Gasteiger partial charge on any atom is -0.264 e. The average Bonchev–Trinajstić information content (AvgIpc) is 4.38. The van der Waals surface area contributed by atoms with Gasteiger partial charge in [0.1, 0.15) is 0 Å². The third-order valence-electron chi connectivity index (χ3n) is 16.1. The molecule has 6 aliphatic carbocycles. The van der Waals surface area contributed by atoms with Crippen LogP contribution in [0, 0.1) is 35.5 Å². The summed E-state index contributed by atoms with van der Waals surface area (Å²) in [5, 5.41) is 0. The normalized spacial score (nSPS) is 22.1. The molecule has 0 spiro atoms. The van der Waals surface area contributed by atoms with E-state index in [0.29, 0.717) is 17.8 Å². The fraction of sp³-hybridized carbons (Fsp3) is 0.744. The second kappa shape index (κ2) is 63.9. The average molecular weight is 1230 g/mol. The van der Waals surface area contributed by atoms with Crippen molar-refractivity contribution in [1.82, 2.24) is 9.97 Å². The number of pyridine rings is 2. The summed E-state index contributed by atoms with van der Waals surface area (Å²) in [6.07, 6.45) is 23.8. The Morgan fingerprint density at radius 2 is 0.545 bits per heavy atom. The molecule has 0 amide bonds. The Bertz CT molecular complexity index is 1850. The Balaban J connectivity index is -0.0000000998. The summed E-state index contributed by atoms with van der Waals surface area (Å²) < 4.78 is 0. The van der Waals surface area contributed by atoms with Crippen LogP contribution >= 0.6 is 0 Å². The molecule has 2 heteroatoms. The van der Waals surface area contributed by atoms with Gasteiger partial charge in [0.2, 0.25) is 0 Å². The molecule has 2 aromatic carbocycles. The Morgan fingerprint density at radius 3 is 0.886 bits per heavy atom. The molecule has 0 saturated carbocycles. The predicted octanol–water partition coefficient (Wildman–Crippen LogP) is 30.5. The lowest BCUT2D eigenvalue weighted by molar-refractivity contribution is 0.519. The molecule has 0 unspecified atom stereocenters. The smallest absolute Gasteiger partial charge is 0.0469 e. The van der Waals surface area contributed by atoms with Gasteiger partial charge in [-0.3, -0.25) is 9.97 Å². The minimum absolute atomic E-state index is 0. The van der Waals surface area contributed by atoms with Crippen LogP contribution in [0.1, 0.15) is 420 Å². The van der Waals surface area contributed by atoms with Crippen LogP contribution in [0.3, 0.4) is 0 Å². The van der Waals surface area contributed by atoms with E-state index in [4.69, 9.17) is 4.98 Å². The van der Waals surface area contributed by atoms with Crippen molar-refractivity contribution in [2.24, 2.45) is 35.5 Å². The van der Waals surface area contributed by atoms with E-state index < -0.39 is 0 Å². The van der Waals surface area contributed by atoms with Crippen molar-refractivity contribution in [3.05, 3.63) is 128 Å². The van der Waals surface area contributed by atoms with Crippen LogP contribution in [0.15, 0.2) is 61.1 Å². The van der Waals surface area contributed by atoms with Gasteiger partial charge in [-0.1, -0.05) is 354 Å². The van der Waals surface area contributed by atoms with E-state index in [-0.39, 0.29) is 44.6 Å². The molecular formula is C86H170N2. The van der Waals surface area contributed by atoms with Gasteiger partial charge in [-0.15, -0.1) is 0 Å².